The van der Waals surface area contributed by atoms with E-state index in [1.54, 1.807) is 52.2 Å². The highest BCUT2D eigenvalue weighted by Crippen LogP contribution is 2.45. The number of carbonyl (C=O) groups excluding carboxylic acids is 4. The maximum absolute atomic E-state index is 14.5. The molecule has 298 valence electrons. The molecule has 2 fully saturated rings. The van der Waals surface area contributed by atoms with E-state index in [0.29, 0.717) is 34.6 Å². The number of ether oxygens (including phenoxy) is 3. The Hall–Kier alpha value is -5.96. The molecule has 1 saturated carbocycles. The highest BCUT2D eigenvalue weighted by molar-refractivity contribution is 5.97. The van der Waals surface area contributed by atoms with Gasteiger partial charge in [0.1, 0.15) is 40.8 Å². The van der Waals surface area contributed by atoms with Gasteiger partial charge in [-0.1, -0.05) is 42.5 Å². The van der Waals surface area contributed by atoms with Crippen molar-refractivity contribution in [3.05, 3.63) is 79.4 Å². The Labute approximate surface area is 326 Å². The molecule has 0 spiro atoms. The maximum Gasteiger partial charge on any atom is 0.408 e. The van der Waals surface area contributed by atoms with Crippen molar-refractivity contribution >= 4 is 40.7 Å². The lowest BCUT2D eigenvalue weighted by molar-refractivity contribution is -0.145. The average molecular weight is 771 g/mol. The third kappa shape index (κ3) is 10.0. The lowest BCUT2D eigenvalue weighted by Crippen LogP contribution is -2.58. The molecule has 1 aliphatic heterocycles. The van der Waals surface area contributed by atoms with Gasteiger partial charge in [-0.15, -0.1) is 6.58 Å². The summed E-state index contributed by atoms with van der Waals surface area (Å²) in [6.45, 7) is 8.74. The molecule has 15 heteroatoms. The second kappa shape index (κ2) is 17.2. The molecule has 0 bridgehead atoms. The summed E-state index contributed by atoms with van der Waals surface area (Å²) in [6.07, 6.45) is 2.87. The lowest BCUT2D eigenvalue weighted by atomic mass is 10.1. The molecule has 2 heterocycles. The van der Waals surface area contributed by atoms with E-state index >= 15 is 0 Å². The Morgan fingerprint density at radius 2 is 1.84 bits per heavy atom. The second-order valence-corrected chi connectivity index (χ2v) is 15.2. The van der Waals surface area contributed by atoms with E-state index in [1.165, 1.54) is 17.1 Å². The van der Waals surface area contributed by atoms with Gasteiger partial charge in [0.05, 0.1) is 24.9 Å². The summed E-state index contributed by atoms with van der Waals surface area (Å²) < 4.78 is 17.5. The number of pyridine rings is 1. The molecule has 0 radical (unpaired) electrons. The van der Waals surface area contributed by atoms with Crippen LogP contribution in [-0.4, -0.2) is 120 Å². The lowest BCUT2D eigenvalue weighted by Gasteiger charge is -2.30. The standard InChI is InChI=1S/C41H50N6O9/c1-8-26-22-41(26,38(51)52)45-36(49)33-20-28(55-34-21-30(25-13-10-9-11-14-25)43-31-19-27(54-7)16-17-29(31)34)24-47(33)37(50)32(44-39(53)56-40(2,3)4)23-42-35(48)15-12-18-46(5)6/h8-17,19,21,26,28,32-33H,1,18,20,22-24H2,2-7H3,(H,42,48)(H,44,53)(H,45,49)(H,51,52)/b15-12+/t26-,28-,32+,33+,41-/m1/s1. The van der Waals surface area contributed by atoms with Gasteiger partial charge < -0.3 is 45.1 Å². The van der Waals surface area contributed by atoms with Crippen LogP contribution < -0.4 is 25.4 Å². The van der Waals surface area contributed by atoms with Crippen molar-refractivity contribution in [3.8, 4) is 22.8 Å². The van der Waals surface area contributed by atoms with Crippen LogP contribution in [0.1, 0.15) is 33.6 Å². The topological polar surface area (TPSA) is 189 Å². The molecule has 2 aromatic carbocycles. The number of aliphatic carboxylic acids is 1. The molecule has 4 N–H and O–H groups in total. The number of carboxylic acid groups (broad SMARTS) is 1. The zero-order valence-corrected chi connectivity index (χ0v) is 32.5. The molecule has 15 nitrogen and oxygen atoms in total. The minimum atomic E-state index is -1.57. The Balaban J connectivity index is 1.49. The zero-order valence-electron chi connectivity index (χ0n) is 32.5. The maximum atomic E-state index is 14.5. The number of amides is 4. The highest BCUT2D eigenvalue weighted by atomic mass is 16.6. The van der Waals surface area contributed by atoms with Gasteiger partial charge in [0.25, 0.3) is 0 Å². The van der Waals surface area contributed by atoms with E-state index in [2.05, 4.69) is 22.5 Å². The molecule has 3 aromatic rings. The summed E-state index contributed by atoms with van der Waals surface area (Å²) in [5.41, 5.74) is -0.440. The molecule has 56 heavy (non-hydrogen) atoms. The monoisotopic (exact) mass is 770 g/mol. The molecular weight excluding hydrogens is 720 g/mol. The number of hydrogen-bond donors (Lipinski definition) is 4. The first-order chi connectivity index (χ1) is 26.5. The van der Waals surface area contributed by atoms with Gasteiger partial charge in [0.15, 0.2) is 0 Å². The first kappa shape index (κ1) is 41.2. The summed E-state index contributed by atoms with van der Waals surface area (Å²) in [5.74, 6) is -2.63. The number of hydrogen-bond acceptors (Lipinski definition) is 10. The zero-order chi connectivity index (χ0) is 40.8. The third-order valence-electron chi connectivity index (χ3n) is 9.43. The van der Waals surface area contributed by atoms with Crippen LogP contribution in [-0.2, 0) is 23.9 Å². The van der Waals surface area contributed by atoms with Crippen LogP contribution in [0.3, 0.4) is 0 Å². The van der Waals surface area contributed by atoms with Crippen molar-refractivity contribution in [2.24, 2.45) is 5.92 Å². The van der Waals surface area contributed by atoms with Crippen LogP contribution in [0.4, 0.5) is 4.79 Å². The van der Waals surface area contributed by atoms with Crippen LogP contribution in [0.5, 0.6) is 11.5 Å². The summed E-state index contributed by atoms with van der Waals surface area (Å²) in [6, 6.07) is 14.1. The number of benzene rings is 2. The fraction of sp³-hybridized carbons (Fsp3) is 0.415. The van der Waals surface area contributed by atoms with E-state index in [1.807, 2.05) is 55.4 Å². The molecule has 2 aliphatic rings. The Morgan fingerprint density at radius 3 is 2.46 bits per heavy atom. The number of fused-ring (bicyclic) bond motifs is 1. The molecule has 5 rings (SSSR count). The molecular formula is C41H50N6O9. The number of likely N-dealkylation sites (N-methyl/N-ethyl adjacent to an activating group) is 1. The normalized spacial score (nSPS) is 21.0. The van der Waals surface area contributed by atoms with E-state index in [0.717, 1.165) is 5.56 Å². The summed E-state index contributed by atoms with van der Waals surface area (Å²) in [5, 5.41) is 18.6. The smallest absolute Gasteiger partial charge is 0.408 e. The van der Waals surface area contributed by atoms with Gasteiger partial charge in [-0.3, -0.25) is 14.4 Å². The number of likely N-dealkylation sites (tertiary alicyclic amines) is 1. The minimum absolute atomic E-state index is 0.0224. The van der Waals surface area contributed by atoms with Crippen molar-refractivity contribution in [3.63, 3.8) is 0 Å². The van der Waals surface area contributed by atoms with Crippen molar-refractivity contribution < 1.29 is 43.3 Å². The van der Waals surface area contributed by atoms with Gasteiger partial charge in [0.2, 0.25) is 17.7 Å². The van der Waals surface area contributed by atoms with Crippen molar-refractivity contribution in [2.75, 3.05) is 40.8 Å². The number of alkyl carbamates (subject to hydrolysis) is 1. The number of nitrogens with zero attached hydrogens (tertiary/aromatic N) is 3. The van der Waals surface area contributed by atoms with Gasteiger partial charge >= 0.3 is 12.1 Å². The predicted molar refractivity (Wildman–Crippen MR) is 209 cm³/mol. The summed E-state index contributed by atoms with van der Waals surface area (Å²) in [4.78, 5) is 74.7. The number of carbonyl (C=O) groups is 5. The molecule has 1 aliphatic carbocycles. The minimum Gasteiger partial charge on any atom is -0.497 e. The number of rotatable bonds is 15. The van der Waals surface area contributed by atoms with E-state index in [4.69, 9.17) is 19.2 Å². The Bertz CT molecular complexity index is 2000. The third-order valence-corrected chi connectivity index (χ3v) is 9.43. The second-order valence-electron chi connectivity index (χ2n) is 15.2. The fourth-order valence-corrected chi connectivity index (χ4v) is 6.51. The first-order valence-electron chi connectivity index (χ1n) is 18.3. The van der Waals surface area contributed by atoms with Gasteiger partial charge in [-0.25, -0.2) is 14.6 Å². The average Bonchev–Trinajstić information content (AvgIpc) is 3.71. The molecule has 0 unspecified atom stereocenters. The van der Waals surface area contributed by atoms with Crippen molar-refractivity contribution in [2.45, 2.75) is 62.9 Å². The van der Waals surface area contributed by atoms with Crippen LogP contribution in [0.15, 0.2) is 79.4 Å². The number of carboxylic acids is 1. The molecule has 5 atom stereocenters. The summed E-state index contributed by atoms with van der Waals surface area (Å²) in [7, 11) is 5.24. The van der Waals surface area contributed by atoms with Gasteiger partial charge in [0, 0.05) is 54.6 Å². The largest absolute Gasteiger partial charge is 0.497 e. The summed E-state index contributed by atoms with van der Waals surface area (Å²) >= 11 is 0. The van der Waals surface area contributed by atoms with Gasteiger partial charge in [-0.05, 0) is 53.4 Å². The molecule has 4 amide bonds. The van der Waals surface area contributed by atoms with Crippen LogP contribution in [0.2, 0.25) is 0 Å². The molecule has 1 aromatic heterocycles. The predicted octanol–water partition coefficient (Wildman–Crippen LogP) is 3.53. The number of nitrogens with one attached hydrogen (secondary N) is 3. The van der Waals surface area contributed by atoms with Crippen LogP contribution >= 0.6 is 0 Å². The van der Waals surface area contributed by atoms with Crippen LogP contribution in [0, 0.1) is 5.92 Å². The number of aromatic nitrogens is 1. The SMILES string of the molecule is C=C[C@@H]1C[C@]1(NC(=O)[C@@H]1C[C@@H](Oc2cc(-c3ccccc3)nc3cc(OC)ccc23)CN1C(=O)[C@H](CNC(=O)/C=C/CN(C)C)NC(=O)OC(C)(C)C)C(=O)O. The highest BCUT2D eigenvalue weighted by Gasteiger charge is 2.61. The van der Waals surface area contributed by atoms with E-state index < -0.39 is 65.0 Å². The first-order valence-corrected chi connectivity index (χ1v) is 18.3. The number of methoxy groups -OCH3 is 1. The van der Waals surface area contributed by atoms with Gasteiger partial charge in [-0.2, -0.15) is 0 Å². The fourth-order valence-electron chi connectivity index (χ4n) is 6.51. The van der Waals surface area contributed by atoms with Crippen molar-refractivity contribution in [1.29, 1.82) is 0 Å². The van der Waals surface area contributed by atoms with Crippen molar-refractivity contribution in [1.82, 2.24) is 30.7 Å². The quantitative estimate of drug-likeness (QED) is 0.131. The van der Waals surface area contributed by atoms with E-state index in [9.17, 15) is 29.1 Å². The van der Waals surface area contributed by atoms with Crippen LogP contribution in [0.25, 0.3) is 22.2 Å². The molecule has 1 saturated heterocycles. The van der Waals surface area contributed by atoms with E-state index in [-0.39, 0.29) is 25.9 Å². The Morgan fingerprint density at radius 1 is 1.11 bits per heavy atom. The Kier molecular flexibility index (Phi) is 12.7.